The van der Waals surface area contributed by atoms with Gasteiger partial charge >= 0.3 is 10.2 Å². The van der Waals surface area contributed by atoms with E-state index in [0.717, 1.165) is 0 Å². The summed E-state index contributed by atoms with van der Waals surface area (Å²) in [7, 11) is -0.487. The molecule has 0 fully saturated rings. The molecule has 20 heavy (non-hydrogen) atoms. The molecule has 0 unspecified atom stereocenters. The fraction of sp³-hybridized carbons (Fsp3) is 0.143. The van der Waals surface area contributed by atoms with Gasteiger partial charge in [-0.1, -0.05) is 36.4 Å². The zero-order valence-electron chi connectivity index (χ0n) is 11.9. The van der Waals surface area contributed by atoms with Crippen LogP contribution in [0, 0.1) is 0 Å². The third-order valence-electron chi connectivity index (χ3n) is 2.93. The molecule has 0 saturated heterocycles. The molecule has 2 aromatic rings. The van der Waals surface area contributed by atoms with E-state index >= 15 is 0 Å². The summed E-state index contributed by atoms with van der Waals surface area (Å²) in [6.07, 6.45) is 0. The maximum atomic E-state index is 12.5. The molecule has 2 aromatic carbocycles. The van der Waals surface area contributed by atoms with Gasteiger partial charge in [0.05, 0.1) is 11.4 Å². The number of nitrogens with zero attached hydrogens (tertiary/aromatic N) is 2. The summed E-state index contributed by atoms with van der Waals surface area (Å²) in [5.41, 5.74) is 1.26. The molecule has 1 radical (unpaired) electrons. The summed E-state index contributed by atoms with van der Waals surface area (Å²) in [6.45, 7) is 0. The van der Waals surface area contributed by atoms with E-state index in [1.807, 2.05) is 36.4 Å². The topological polar surface area (TPSA) is 40.6 Å². The van der Waals surface area contributed by atoms with E-state index in [0.29, 0.717) is 11.4 Å². The van der Waals surface area contributed by atoms with Crippen molar-refractivity contribution in [1.82, 2.24) is 0 Å². The molecule has 0 N–H and O–H groups in total. The molecule has 0 atom stereocenters. The van der Waals surface area contributed by atoms with Crippen molar-refractivity contribution in [2.75, 3.05) is 22.7 Å². The standard InChI is InChI=1S/C14H16N2O2S.Li/c1-15(13-9-5-3-6-10-13)19(17,18)16(2)14-11-7-4-8-12-14;/h3-12H,1-2H3;. The van der Waals surface area contributed by atoms with E-state index in [2.05, 4.69) is 0 Å². The van der Waals surface area contributed by atoms with Crippen LogP contribution in [0.5, 0.6) is 0 Å². The molecule has 0 aliphatic rings. The zero-order chi connectivity index (χ0) is 13.9. The fourth-order valence-corrected chi connectivity index (χ4v) is 2.87. The van der Waals surface area contributed by atoms with Crippen molar-refractivity contribution in [1.29, 1.82) is 0 Å². The van der Waals surface area contributed by atoms with Crippen LogP contribution in [0.4, 0.5) is 11.4 Å². The first kappa shape index (κ1) is 16.6. The molecule has 101 valence electrons. The Balaban J connectivity index is 0.00000200. The van der Waals surface area contributed by atoms with Crippen LogP contribution in [-0.2, 0) is 10.2 Å². The van der Waals surface area contributed by atoms with Gasteiger partial charge in [-0.05, 0) is 24.3 Å². The molecule has 0 bridgehead atoms. The summed E-state index contributed by atoms with van der Waals surface area (Å²) in [4.78, 5) is 0. The quantitative estimate of drug-likeness (QED) is 0.806. The van der Waals surface area contributed by atoms with E-state index in [-0.39, 0.29) is 18.9 Å². The number of hydrogen-bond acceptors (Lipinski definition) is 2. The molecule has 0 amide bonds. The summed E-state index contributed by atoms with van der Waals surface area (Å²) in [5, 5.41) is 0. The van der Waals surface area contributed by atoms with Gasteiger partial charge in [0.1, 0.15) is 0 Å². The fourth-order valence-electron chi connectivity index (χ4n) is 1.73. The first-order valence-corrected chi connectivity index (χ1v) is 7.26. The summed E-state index contributed by atoms with van der Waals surface area (Å²) in [5.74, 6) is 0. The van der Waals surface area contributed by atoms with Gasteiger partial charge in [-0.15, -0.1) is 0 Å². The SMILES string of the molecule is CN(c1ccccc1)S(=O)(=O)N(C)c1ccccc1.[Li]. The van der Waals surface area contributed by atoms with Crippen molar-refractivity contribution < 1.29 is 8.42 Å². The number of anilines is 2. The smallest absolute Gasteiger partial charge is 0.256 e. The van der Waals surface area contributed by atoms with Crippen LogP contribution >= 0.6 is 0 Å². The van der Waals surface area contributed by atoms with Crippen molar-refractivity contribution in [2.24, 2.45) is 0 Å². The van der Waals surface area contributed by atoms with Crippen LogP contribution in [-0.4, -0.2) is 41.4 Å². The normalized spacial score (nSPS) is 10.5. The Bertz CT molecular complexity index is 581. The Labute approximate surface area is 132 Å². The molecule has 0 saturated carbocycles. The number of benzene rings is 2. The van der Waals surface area contributed by atoms with Crippen molar-refractivity contribution in [2.45, 2.75) is 0 Å². The van der Waals surface area contributed by atoms with Crippen molar-refractivity contribution in [3.8, 4) is 0 Å². The van der Waals surface area contributed by atoms with Gasteiger partial charge in [-0.3, -0.25) is 8.61 Å². The van der Waals surface area contributed by atoms with E-state index in [4.69, 9.17) is 0 Å². The molecule has 0 aromatic heterocycles. The average molecular weight is 283 g/mol. The van der Waals surface area contributed by atoms with Gasteiger partial charge in [0.15, 0.2) is 0 Å². The first-order chi connectivity index (χ1) is 9.03. The third-order valence-corrected chi connectivity index (χ3v) is 4.74. The number of hydrogen-bond donors (Lipinski definition) is 0. The Morgan fingerprint density at radius 2 is 1.00 bits per heavy atom. The van der Waals surface area contributed by atoms with Gasteiger partial charge in [-0.2, -0.15) is 8.42 Å². The molecule has 6 heteroatoms. The zero-order valence-corrected chi connectivity index (χ0v) is 12.7. The van der Waals surface area contributed by atoms with Gasteiger partial charge in [0, 0.05) is 33.0 Å². The van der Waals surface area contributed by atoms with Crippen LogP contribution < -0.4 is 8.61 Å². The molecule has 0 heterocycles. The maximum absolute atomic E-state index is 12.5. The first-order valence-electron chi connectivity index (χ1n) is 5.86. The minimum atomic E-state index is -3.58. The molecule has 0 aliphatic heterocycles. The average Bonchev–Trinajstić information content (AvgIpc) is 2.47. The molecule has 2 rings (SSSR count). The largest absolute Gasteiger partial charge is 0.325 e. The van der Waals surface area contributed by atoms with Gasteiger partial charge < -0.3 is 0 Å². The van der Waals surface area contributed by atoms with E-state index in [9.17, 15) is 8.42 Å². The monoisotopic (exact) mass is 283 g/mol. The Kier molecular flexibility index (Phi) is 5.70. The Hall–Kier alpha value is -1.41. The van der Waals surface area contributed by atoms with Crippen LogP contribution in [0.3, 0.4) is 0 Å². The van der Waals surface area contributed by atoms with Gasteiger partial charge in [0.2, 0.25) is 0 Å². The Morgan fingerprint density at radius 1 is 0.700 bits per heavy atom. The van der Waals surface area contributed by atoms with Gasteiger partial charge in [-0.25, -0.2) is 0 Å². The maximum Gasteiger partial charge on any atom is 0.325 e. The van der Waals surface area contributed by atoms with Crippen molar-refractivity contribution in [3.05, 3.63) is 60.7 Å². The Morgan fingerprint density at radius 3 is 1.30 bits per heavy atom. The summed E-state index contributed by atoms with van der Waals surface area (Å²) >= 11 is 0. The molecular weight excluding hydrogens is 267 g/mol. The number of para-hydroxylation sites is 2. The van der Waals surface area contributed by atoms with Crippen molar-refractivity contribution >= 4 is 40.4 Å². The molecule has 0 spiro atoms. The summed E-state index contributed by atoms with van der Waals surface area (Å²) in [6, 6.07) is 18.0. The molecule has 4 nitrogen and oxygen atoms in total. The predicted molar refractivity (Wildman–Crippen MR) is 84.4 cm³/mol. The molecular formula is C14H16LiN2O2S. The summed E-state index contributed by atoms with van der Waals surface area (Å²) < 4.78 is 27.5. The second-order valence-corrected chi connectivity index (χ2v) is 6.10. The minimum Gasteiger partial charge on any atom is -0.256 e. The van der Waals surface area contributed by atoms with Gasteiger partial charge in [0.25, 0.3) is 0 Å². The van der Waals surface area contributed by atoms with Crippen LogP contribution in [0.1, 0.15) is 0 Å². The number of rotatable bonds is 4. The minimum absolute atomic E-state index is 0. The third kappa shape index (κ3) is 3.37. The second kappa shape index (κ2) is 6.85. The predicted octanol–water partition coefficient (Wildman–Crippen LogP) is 2.12. The van der Waals surface area contributed by atoms with Crippen LogP contribution in [0.15, 0.2) is 60.7 Å². The van der Waals surface area contributed by atoms with E-state index in [1.54, 1.807) is 38.4 Å². The second-order valence-electron chi connectivity index (χ2n) is 4.11. The van der Waals surface area contributed by atoms with Crippen LogP contribution in [0.2, 0.25) is 0 Å². The van der Waals surface area contributed by atoms with E-state index < -0.39 is 10.2 Å². The van der Waals surface area contributed by atoms with E-state index in [1.165, 1.54) is 8.61 Å². The molecule has 0 aliphatic carbocycles. The van der Waals surface area contributed by atoms with Crippen LogP contribution in [0.25, 0.3) is 0 Å². The van der Waals surface area contributed by atoms with Crippen molar-refractivity contribution in [3.63, 3.8) is 0 Å².